The van der Waals surface area contributed by atoms with Crippen LogP contribution in [0.4, 0.5) is 34.1 Å². The van der Waals surface area contributed by atoms with E-state index in [1.165, 1.54) is 12.1 Å². The topological polar surface area (TPSA) is 209 Å². The van der Waals surface area contributed by atoms with Crippen LogP contribution < -0.4 is 43.9 Å². The normalized spacial score (nSPS) is 18.2. The molecular formula is C22H30N6O4. The van der Waals surface area contributed by atoms with Crippen molar-refractivity contribution >= 4 is 46.1 Å². The van der Waals surface area contributed by atoms with E-state index in [-0.39, 0.29) is 34.7 Å². The fourth-order valence-electron chi connectivity index (χ4n) is 3.87. The molecule has 0 atom stereocenters. The molecule has 1 saturated carbocycles. The SMILES string of the molecule is Cc1c(N)c(N)cc(OC(=O)C2CCC(C(=O)Oc3c(N)cc(N)c(N)c3C)CC2)c1N. The molecule has 0 unspecified atom stereocenters. The number of carbonyl (C=O) groups excluding carboxylic acids is 2. The molecule has 3 rings (SSSR count). The smallest absolute Gasteiger partial charge is 0.314 e. The van der Waals surface area contributed by atoms with Gasteiger partial charge >= 0.3 is 11.9 Å². The lowest BCUT2D eigenvalue weighted by Crippen LogP contribution is -2.30. The fraction of sp³-hybridized carbons (Fsp3) is 0.364. The molecule has 0 aliphatic heterocycles. The second kappa shape index (κ2) is 8.74. The Kier molecular flexibility index (Phi) is 6.24. The van der Waals surface area contributed by atoms with Crippen molar-refractivity contribution in [3.63, 3.8) is 0 Å². The molecule has 2 aromatic rings. The Morgan fingerprint density at radius 1 is 0.688 bits per heavy atom. The van der Waals surface area contributed by atoms with Crippen LogP contribution in [0.2, 0.25) is 0 Å². The van der Waals surface area contributed by atoms with Gasteiger partial charge in [-0.1, -0.05) is 0 Å². The standard InChI is InChI=1S/C22H30N6O4/c1-9-17(26)14(24)8-16(19(9)28)31-21(29)11-3-5-12(6-4-11)22(30)32-20-10(2)18(27)13(23)7-15(20)25/h7-8,11-12H,3-6,23-28H2,1-2H3. The number of benzene rings is 2. The zero-order valence-electron chi connectivity index (χ0n) is 18.2. The van der Waals surface area contributed by atoms with Gasteiger partial charge in [-0.05, 0) is 45.6 Å². The number of nitrogen functional groups attached to an aromatic ring is 6. The maximum absolute atomic E-state index is 12.7. The third-order valence-electron chi connectivity index (χ3n) is 6.11. The first-order chi connectivity index (χ1) is 15.0. The number of esters is 2. The zero-order chi connectivity index (χ0) is 23.7. The molecule has 32 heavy (non-hydrogen) atoms. The molecule has 172 valence electrons. The van der Waals surface area contributed by atoms with Gasteiger partial charge in [0.2, 0.25) is 0 Å². The average molecular weight is 443 g/mol. The summed E-state index contributed by atoms with van der Waals surface area (Å²) in [6.07, 6.45) is 1.89. The minimum absolute atomic E-state index is 0.188. The van der Waals surface area contributed by atoms with Crippen LogP contribution in [0.25, 0.3) is 0 Å². The molecule has 0 amide bonds. The van der Waals surface area contributed by atoms with Gasteiger partial charge in [-0.15, -0.1) is 0 Å². The van der Waals surface area contributed by atoms with E-state index >= 15 is 0 Å². The van der Waals surface area contributed by atoms with Crippen molar-refractivity contribution in [1.29, 1.82) is 0 Å². The van der Waals surface area contributed by atoms with Gasteiger partial charge in [0.25, 0.3) is 0 Å². The molecule has 0 aromatic heterocycles. The molecule has 0 saturated heterocycles. The van der Waals surface area contributed by atoms with Gasteiger partial charge in [0, 0.05) is 17.2 Å². The molecule has 1 aliphatic carbocycles. The lowest BCUT2D eigenvalue weighted by molar-refractivity contribution is -0.145. The second-order valence-electron chi connectivity index (χ2n) is 8.23. The summed E-state index contributed by atoms with van der Waals surface area (Å²) in [5.41, 5.74) is 38.3. The first-order valence-corrected chi connectivity index (χ1v) is 10.3. The Labute approximate surface area is 186 Å². The van der Waals surface area contributed by atoms with Gasteiger partial charge in [-0.3, -0.25) is 9.59 Å². The summed E-state index contributed by atoms with van der Waals surface area (Å²) in [5.74, 6) is -1.16. The number of ether oxygens (including phenoxy) is 2. The molecule has 2 aromatic carbocycles. The Morgan fingerprint density at radius 2 is 1.16 bits per heavy atom. The number of rotatable bonds is 4. The summed E-state index contributed by atoms with van der Waals surface area (Å²) in [6, 6.07) is 2.92. The van der Waals surface area contributed by atoms with E-state index in [1.54, 1.807) is 13.8 Å². The maximum Gasteiger partial charge on any atom is 0.314 e. The minimum atomic E-state index is -0.418. The number of hydrogen-bond donors (Lipinski definition) is 6. The molecule has 0 radical (unpaired) electrons. The molecule has 10 heteroatoms. The second-order valence-corrected chi connectivity index (χ2v) is 8.23. The number of carbonyl (C=O) groups is 2. The van der Waals surface area contributed by atoms with Crippen molar-refractivity contribution in [2.45, 2.75) is 39.5 Å². The van der Waals surface area contributed by atoms with Crippen molar-refractivity contribution in [3.05, 3.63) is 23.3 Å². The van der Waals surface area contributed by atoms with Crippen LogP contribution in [0.1, 0.15) is 36.8 Å². The van der Waals surface area contributed by atoms with Crippen molar-refractivity contribution in [3.8, 4) is 11.5 Å². The Bertz CT molecular complexity index is 1080. The first kappa shape index (κ1) is 22.9. The Hall–Kier alpha value is -3.82. The van der Waals surface area contributed by atoms with Gasteiger partial charge in [-0.2, -0.15) is 0 Å². The van der Waals surface area contributed by atoms with E-state index in [0.717, 1.165) is 0 Å². The highest BCUT2D eigenvalue weighted by Crippen LogP contribution is 2.38. The van der Waals surface area contributed by atoms with E-state index in [4.69, 9.17) is 43.9 Å². The van der Waals surface area contributed by atoms with Gasteiger partial charge in [0.15, 0.2) is 11.5 Å². The highest BCUT2D eigenvalue weighted by atomic mass is 16.5. The van der Waals surface area contributed by atoms with Crippen LogP contribution >= 0.6 is 0 Å². The highest BCUT2D eigenvalue weighted by molar-refractivity contribution is 5.85. The monoisotopic (exact) mass is 442 g/mol. The third-order valence-corrected chi connectivity index (χ3v) is 6.11. The summed E-state index contributed by atoms with van der Waals surface area (Å²) < 4.78 is 11.0. The summed E-state index contributed by atoms with van der Waals surface area (Å²) in [5, 5.41) is 0. The van der Waals surface area contributed by atoms with Gasteiger partial charge in [-0.25, -0.2) is 0 Å². The van der Waals surface area contributed by atoms with Crippen molar-refractivity contribution in [2.24, 2.45) is 11.8 Å². The summed E-state index contributed by atoms with van der Waals surface area (Å²) in [4.78, 5) is 25.3. The summed E-state index contributed by atoms with van der Waals surface area (Å²) in [6.45, 7) is 3.40. The number of nitrogens with two attached hydrogens (primary N) is 6. The predicted molar refractivity (Wildman–Crippen MR) is 126 cm³/mol. The van der Waals surface area contributed by atoms with Crippen molar-refractivity contribution in [2.75, 3.05) is 34.4 Å². The van der Waals surface area contributed by atoms with Gasteiger partial charge < -0.3 is 43.9 Å². The third kappa shape index (κ3) is 4.29. The van der Waals surface area contributed by atoms with Crippen molar-refractivity contribution in [1.82, 2.24) is 0 Å². The van der Waals surface area contributed by atoms with Crippen molar-refractivity contribution < 1.29 is 19.1 Å². The van der Waals surface area contributed by atoms with E-state index in [0.29, 0.717) is 59.6 Å². The molecule has 10 nitrogen and oxygen atoms in total. The molecule has 0 spiro atoms. The predicted octanol–water partition coefficient (Wildman–Crippen LogP) is 2.11. The van der Waals surface area contributed by atoms with Crippen LogP contribution in [-0.4, -0.2) is 11.9 Å². The average Bonchev–Trinajstić information content (AvgIpc) is 2.77. The van der Waals surface area contributed by atoms with Crippen LogP contribution in [0, 0.1) is 25.7 Å². The van der Waals surface area contributed by atoms with Gasteiger partial charge in [0.05, 0.1) is 46.0 Å². The van der Waals surface area contributed by atoms with E-state index in [2.05, 4.69) is 0 Å². The number of anilines is 6. The van der Waals surface area contributed by atoms with Crippen LogP contribution in [0.3, 0.4) is 0 Å². The van der Waals surface area contributed by atoms with Crippen LogP contribution in [-0.2, 0) is 9.59 Å². The minimum Gasteiger partial charge on any atom is -0.424 e. The van der Waals surface area contributed by atoms with E-state index in [9.17, 15) is 9.59 Å². The first-order valence-electron chi connectivity index (χ1n) is 10.3. The quantitative estimate of drug-likeness (QED) is 0.231. The molecule has 1 aliphatic rings. The fourth-order valence-corrected chi connectivity index (χ4v) is 3.87. The zero-order valence-corrected chi connectivity index (χ0v) is 18.2. The summed E-state index contributed by atoms with van der Waals surface area (Å²) in [7, 11) is 0. The van der Waals surface area contributed by atoms with E-state index < -0.39 is 11.9 Å². The lowest BCUT2D eigenvalue weighted by Gasteiger charge is -2.26. The molecule has 12 N–H and O–H groups in total. The van der Waals surface area contributed by atoms with Crippen LogP contribution in [0.5, 0.6) is 11.5 Å². The van der Waals surface area contributed by atoms with E-state index in [1.807, 2.05) is 0 Å². The number of hydrogen-bond acceptors (Lipinski definition) is 10. The molecule has 1 fully saturated rings. The maximum atomic E-state index is 12.7. The Balaban J connectivity index is 1.61. The van der Waals surface area contributed by atoms with Gasteiger partial charge in [0.1, 0.15) is 0 Å². The Morgan fingerprint density at radius 3 is 1.72 bits per heavy atom. The molecule has 0 heterocycles. The van der Waals surface area contributed by atoms with Crippen LogP contribution in [0.15, 0.2) is 12.1 Å². The largest absolute Gasteiger partial charge is 0.424 e. The molecular weight excluding hydrogens is 412 g/mol. The highest BCUT2D eigenvalue weighted by Gasteiger charge is 2.33. The lowest BCUT2D eigenvalue weighted by atomic mass is 9.82. The summed E-state index contributed by atoms with van der Waals surface area (Å²) >= 11 is 0. The molecule has 0 bridgehead atoms.